The van der Waals surface area contributed by atoms with E-state index >= 15 is 0 Å². The van der Waals surface area contributed by atoms with Gasteiger partial charge in [0.25, 0.3) is 0 Å². The van der Waals surface area contributed by atoms with Gasteiger partial charge in [0, 0.05) is 19.6 Å². The van der Waals surface area contributed by atoms with Crippen molar-refractivity contribution in [3.05, 3.63) is 29.8 Å². The summed E-state index contributed by atoms with van der Waals surface area (Å²) in [5.74, 6) is 2.29. The second-order valence-electron chi connectivity index (χ2n) is 5.57. The van der Waals surface area contributed by atoms with Crippen LogP contribution in [-0.4, -0.2) is 25.7 Å². The van der Waals surface area contributed by atoms with Gasteiger partial charge in [-0.1, -0.05) is 26.0 Å². The molecule has 0 fully saturated rings. The number of rotatable bonds is 6. The zero-order chi connectivity index (χ0) is 15.0. The maximum atomic E-state index is 5.67. The van der Waals surface area contributed by atoms with Gasteiger partial charge in [-0.05, 0) is 37.5 Å². The fourth-order valence-electron chi connectivity index (χ4n) is 1.62. The van der Waals surface area contributed by atoms with Crippen LogP contribution in [-0.2, 0) is 6.54 Å². The van der Waals surface area contributed by atoms with E-state index < -0.39 is 0 Å². The van der Waals surface area contributed by atoms with Gasteiger partial charge >= 0.3 is 0 Å². The van der Waals surface area contributed by atoms with Gasteiger partial charge in [0.15, 0.2) is 5.96 Å². The molecule has 0 bridgehead atoms. The van der Waals surface area contributed by atoms with Gasteiger partial charge in [0.05, 0.1) is 6.61 Å². The number of nitrogens with zero attached hydrogens (tertiary/aromatic N) is 1. The van der Waals surface area contributed by atoms with Crippen molar-refractivity contribution in [2.45, 2.75) is 40.3 Å². The standard InChI is InChI=1S/C16H27N3O/c1-12(2)11-20-15-8-6-14(7-9-15)10-18-16(17-5)19-13(3)4/h6-9,12-13H,10-11H2,1-5H3,(H2,17,18,19). The molecule has 0 aromatic heterocycles. The molecule has 0 aliphatic heterocycles. The topological polar surface area (TPSA) is 45.7 Å². The molecular formula is C16H27N3O. The lowest BCUT2D eigenvalue weighted by Crippen LogP contribution is -2.40. The molecule has 4 heteroatoms. The Labute approximate surface area is 122 Å². The summed E-state index contributed by atoms with van der Waals surface area (Å²) in [6.07, 6.45) is 0. The van der Waals surface area contributed by atoms with Crippen molar-refractivity contribution >= 4 is 5.96 Å². The fourth-order valence-corrected chi connectivity index (χ4v) is 1.62. The molecule has 0 aliphatic carbocycles. The van der Waals surface area contributed by atoms with E-state index in [2.05, 4.69) is 55.5 Å². The van der Waals surface area contributed by atoms with Crippen molar-refractivity contribution in [1.29, 1.82) is 0 Å². The van der Waals surface area contributed by atoms with Gasteiger partial charge in [0.2, 0.25) is 0 Å². The van der Waals surface area contributed by atoms with Crippen LogP contribution in [0.5, 0.6) is 5.75 Å². The third kappa shape index (κ3) is 6.45. The third-order valence-electron chi connectivity index (χ3n) is 2.62. The van der Waals surface area contributed by atoms with Gasteiger partial charge in [-0.15, -0.1) is 0 Å². The molecule has 0 atom stereocenters. The van der Waals surface area contributed by atoms with E-state index in [-0.39, 0.29) is 0 Å². The third-order valence-corrected chi connectivity index (χ3v) is 2.62. The molecule has 4 nitrogen and oxygen atoms in total. The Bertz CT molecular complexity index is 410. The molecule has 1 rings (SSSR count). The molecule has 0 spiro atoms. The number of benzene rings is 1. The molecular weight excluding hydrogens is 250 g/mol. The molecule has 1 aromatic rings. The number of aliphatic imine (C=N–C) groups is 1. The summed E-state index contributed by atoms with van der Waals surface area (Å²) < 4.78 is 5.67. The Morgan fingerprint density at radius 1 is 1.15 bits per heavy atom. The molecule has 0 heterocycles. The van der Waals surface area contributed by atoms with Crippen molar-refractivity contribution < 1.29 is 4.74 Å². The molecule has 0 saturated carbocycles. The highest BCUT2D eigenvalue weighted by atomic mass is 16.5. The van der Waals surface area contributed by atoms with Crippen LogP contribution in [0.1, 0.15) is 33.3 Å². The van der Waals surface area contributed by atoms with Crippen molar-refractivity contribution in [2.24, 2.45) is 10.9 Å². The van der Waals surface area contributed by atoms with Crippen LogP contribution in [0.15, 0.2) is 29.3 Å². The van der Waals surface area contributed by atoms with Crippen molar-refractivity contribution in [3.8, 4) is 5.75 Å². The quantitative estimate of drug-likeness (QED) is 0.621. The van der Waals surface area contributed by atoms with Crippen LogP contribution in [0.3, 0.4) is 0 Å². The first kappa shape index (κ1) is 16.3. The minimum Gasteiger partial charge on any atom is -0.493 e. The summed E-state index contributed by atoms with van der Waals surface area (Å²) in [4.78, 5) is 4.18. The zero-order valence-corrected chi connectivity index (χ0v) is 13.2. The van der Waals surface area contributed by atoms with Gasteiger partial charge in [-0.3, -0.25) is 4.99 Å². The van der Waals surface area contributed by atoms with E-state index in [9.17, 15) is 0 Å². The van der Waals surface area contributed by atoms with Crippen molar-refractivity contribution in [3.63, 3.8) is 0 Å². The van der Waals surface area contributed by atoms with E-state index in [1.165, 1.54) is 5.56 Å². The largest absolute Gasteiger partial charge is 0.493 e. The SMILES string of the molecule is CN=C(NCc1ccc(OCC(C)C)cc1)NC(C)C. The predicted octanol–water partition coefficient (Wildman–Crippen LogP) is 2.79. The highest BCUT2D eigenvalue weighted by Crippen LogP contribution is 2.13. The summed E-state index contributed by atoms with van der Waals surface area (Å²) in [5.41, 5.74) is 1.20. The summed E-state index contributed by atoms with van der Waals surface area (Å²) in [5, 5.41) is 6.54. The molecule has 0 aliphatic rings. The highest BCUT2D eigenvalue weighted by Gasteiger charge is 2.01. The van der Waals surface area contributed by atoms with E-state index in [1.807, 2.05) is 12.1 Å². The Morgan fingerprint density at radius 3 is 2.30 bits per heavy atom. The van der Waals surface area contributed by atoms with Crippen molar-refractivity contribution in [1.82, 2.24) is 10.6 Å². The van der Waals surface area contributed by atoms with Crippen LogP contribution in [0, 0.1) is 5.92 Å². The second kappa shape index (κ2) is 8.46. The molecule has 2 N–H and O–H groups in total. The van der Waals surface area contributed by atoms with Crippen LogP contribution < -0.4 is 15.4 Å². The lowest BCUT2D eigenvalue weighted by molar-refractivity contribution is 0.271. The normalized spacial score (nSPS) is 11.8. The minimum absolute atomic E-state index is 0.369. The molecule has 0 radical (unpaired) electrons. The van der Waals surface area contributed by atoms with E-state index in [0.717, 1.165) is 24.9 Å². The van der Waals surface area contributed by atoms with Gasteiger partial charge in [-0.25, -0.2) is 0 Å². The lowest BCUT2D eigenvalue weighted by Gasteiger charge is -2.14. The smallest absolute Gasteiger partial charge is 0.191 e. The number of hydrogen-bond acceptors (Lipinski definition) is 2. The van der Waals surface area contributed by atoms with Gasteiger partial charge < -0.3 is 15.4 Å². The van der Waals surface area contributed by atoms with E-state index in [0.29, 0.717) is 12.0 Å². The second-order valence-corrected chi connectivity index (χ2v) is 5.57. The average molecular weight is 277 g/mol. The average Bonchev–Trinajstić information content (AvgIpc) is 2.41. The van der Waals surface area contributed by atoms with Gasteiger partial charge in [0.1, 0.15) is 5.75 Å². The van der Waals surface area contributed by atoms with E-state index in [4.69, 9.17) is 4.74 Å². The Morgan fingerprint density at radius 2 is 1.80 bits per heavy atom. The Balaban J connectivity index is 2.45. The first-order valence-electron chi connectivity index (χ1n) is 7.20. The molecule has 20 heavy (non-hydrogen) atoms. The van der Waals surface area contributed by atoms with Crippen LogP contribution in [0.4, 0.5) is 0 Å². The summed E-state index contributed by atoms with van der Waals surface area (Å²) in [6.45, 7) is 9.97. The lowest BCUT2D eigenvalue weighted by atomic mass is 10.2. The molecule has 0 saturated heterocycles. The predicted molar refractivity (Wildman–Crippen MR) is 85.2 cm³/mol. The summed E-state index contributed by atoms with van der Waals surface area (Å²) >= 11 is 0. The summed E-state index contributed by atoms with van der Waals surface area (Å²) in [6, 6.07) is 8.54. The Hall–Kier alpha value is -1.71. The van der Waals surface area contributed by atoms with Crippen LogP contribution in [0.25, 0.3) is 0 Å². The highest BCUT2D eigenvalue weighted by molar-refractivity contribution is 5.79. The van der Waals surface area contributed by atoms with E-state index in [1.54, 1.807) is 7.05 Å². The summed E-state index contributed by atoms with van der Waals surface area (Å²) in [7, 11) is 1.78. The first-order chi connectivity index (χ1) is 9.51. The number of hydrogen-bond donors (Lipinski definition) is 2. The Kier molecular flexibility index (Phi) is 6.91. The van der Waals surface area contributed by atoms with Crippen LogP contribution >= 0.6 is 0 Å². The molecule has 1 aromatic carbocycles. The monoisotopic (exact) mass is 277 g/mol. The van der Waals surface area contributed by atoms with Crippen LogP contribution in [0.2, 0.25) is 0 Å². The molecule has 112 valence electrons. The van der Waals surface area contributed by atoms with Crippen molar-refractivity contribution in [2.75, 3.05) is 13.7 Å². The number of guanidine groups is 1. The first-order valence-corrected chi connectivity index (χ1v) is 7.20. The number of nitrogens with one attached hydrogen (secondary N) is 2. The number of ether oxygens (including phenoxy) is 1. The molecule has 0 amide bonds. The minimum atomic E-state index is 0.369. The zero-order valence-electron chi connectivity index (χ0n) is 13.2. The maximum absolute atomic E-state index is 5.67. The van der Waals surface area contributed by atoms with Gasteiger partial charge in [-0.2, -0.15) is 0 Å². The fraction of sp³-hybridized carbons (Fsp3) is 0.562. The maximum Gasteiger partial charge on any atom is 0.191 e. The molecule has 0 unspecified atom stereocenters.